The van der Waals surface area contributed by atoms with Crippen LogP contribution in [-0.4, -0.2) is 12.4 Å². The fourth-order valence-corrected chi connectivity index (χ4v) is 2.29. The predicted octanol–water partition coefficient (Wildman–Crippen LogP) is 4.31. The Morgan fingerprint density at radius 3 is 2.67 bits per heavy atom. The molecule has 1 heterocycles. The van der Waals surface area contributed by atoms with E-state index in [0.717, 1.165) is 16.7 Å². The molecule has 0 spiro atoms. The quantitative estimate of drug-likeness (QED) is 0.668. The van der Waals surface area contributed by atoms with Crippen LogP contribution in [0.15, 0.2) is 52.9 Å². The lowest BCUT2D eigenvalue weighted by atomic mass is 10.1. The number of ketones is 1. The molecule has 3 aromatic rings. The third kappa shape index (κ3) is 2.82. The number of ether oxygens (including phenoxy) is 1. The molecule has 0 saturated carbocycles. The van der Waals surface area contributed by atoms with Crippen molar-refractivity contribution in [1.82, 2.24) is 0 Å². The van der Waals surface area contributed by atoms with E-state index in [1.807, 2.05) is 56.3 Å². The largest absolute Gasteiger partial charge is 0.485 e. The molecule has 0 N–H and O–H groups in total. The van der Waals surface area contributed by atoms with Crippen LogP contribution in [0.1, 0.15) is 21.7 Å². The smallest absolute Gasteiger partial charge is 0.235 e. The van der Waals surface area contributed by atoms with E-state index in [1.165, 1.54) is 5.56 Å². The molecule has 0 fully saturated rings. The maximum Gasteiger partial charge on any atom is 0.235 e. The van der Waals surface area contributed by atoms with Crippen molar-refractivity contribution >= 4 is 16.8 Å². The van der Waals surface area contributed by atoms with Gasteiger partial charge in [0.15, 0.2) is 12.4 Å². The van der Waals surface area contributed by atoms with Crippen molar-refractivity contribution in [2.24, 2.45) is 0 Å². The fraction of sp³-hybridized carbons (Fsp3) is 0.167. The number of carbonyl (C=O) groups is 1. The maximum atomic E-state index is 12.1. The zero-order valence-electron chi connectivity index (χ0n) is 12.1. The number of Topliss-reactive ketones (excluding diaryl/α,β-unsaturated/α-hetero) is 1. The molecule has 0 aliphatic carbocycles. The van der Waals surface area contributed by atoms with E-state index in [1.54, 1.807) is 6.07 Å². The highest BCUT2D eigenvalue weighted by molar-refractivity contribution is 5.98. The van der Waals surface area contributed by atoms with Crippen LogP contribution < -0.4 is 4.74 Å². The molecule has 0 saturated heterocycles. The summed E-state index contributed by atoms with van der Waals surface area (Å²) in [6.07, 6.45) is 0. The Hall–Kier alpha value is -2.55. The molecule has 0 unspecified atom stereocenters. The Balaban J connectivity index is 1.74. The van der Waals surface area contributed by atoms with Gasteiger partial charge in [-0.05, 0) is 37.6 Å². The Bertz CT molecular complexity index is 766. The van der Waals surface area contributed by atoms with Crippen LogP contribution in [0.2, 0.25) is 0 Å². The standard InChI is InChI=1S/C18H16O3/c1-12-7-8-16(13(2)9-12)20-11-15(19)18-10-14-5-3-4-6-17(14)21-18/h3-10H,11H2,1-2H3. The monoisotopic (exact) mass is 280 g/mol. The van der Waals surface area contributed by atoms with Crippen molar-refractivity contribution in [3.8, 4) is 5.75 Å². The Morgan fingerprint density at radius 1 is 1.10 bits per heavy atom. The van der Waals surface area contributed by atoms with Gasteiger partial charge in [0.1, 0.15) is 11.3 Å². The number of aryl methyl sites for hydroxylation is 2. The average molecular weight is 280 g/mol. The SMILES string of the molecule is Cc1ccc(OCC(=O)c2cc3ccccc3o2)c(C)c1. The molecule has 106 valence electrons. The average Bonchev–Trinajstić information content (AvgIpc) is 2.90. The number of hydrogen-bond donors (Lipinski definition) is 0. The lowest BCUT2D eigenvalue weighted by molar-refractivity contribution is 0.0895. The van der Waals surface area contributed by atoms with Gasteiger partial charge in [0.2, 0.25) is 5.78 Å². The van der Waals surface area contributed by atoms with Gasteiger partial charge in [0, 0.05) is 5.39 Å². The minimum atomic E-state index is -0.161. The van der Waals surface area contributed by atoms with Crippen LogP contribution in [0.5, 0.6) is 5.75 Å². The second kappa shape index (κ2) is 5.44. The van der Waals surface area contributed by atoms with Crippen molar-refractivity contribution in [2.75, 3.05) is 6.61 Å². The zero-order chi connectivity index (χ0) is 14.8. The van der Waals surface area contributed by atoms with Gasteiger partial charge in [0.25, 0.3) is 0 Å². The lowest BCUT2D eigenvalue weighted by Gasteiger charge is -2.08. The van der Waals surface area contributed by atoms with E-state index in [-0.39, 0.29) is 12.4 Å². The normalized spacial score (nSPS) is 10.8. The molecule has 3 rings (SSSR count). The van der Waals surface area contributed by atoms with Crippen molar-refractivity contribution < 1.29 is 13.9 Å². The number of benzene rings is 2. The molecule has 1 aromatic heterocycles. The highest BCUT2D eigenvalue weighted by Gasteiger charge is 2.13. The lowest BCUT2D eigenvalue weighted by Crippen LogP contribution is -2.11. The summed E-state index contributed by atoms with van der Waals surface area (Å²) in [6.45, 7) is 3.97. The third-order valence-corrected chi connectivity index (χ3v) is 3.39. The second-order valence-electron chi connectivity index (χ2n) is 5.13. The first-order valence-electron chi connectivity index (χ1n) is 6.85. The molecule has 0 radical (unpaired) electrons. The molecular formula is C18H16O3. The Kier molecular flexibility index (Phi) is 3.48. The van der Waals surface area contributed by atoms with Crippen molar-refractivity contribution in [1.29, 1.82) is 0 Å². The van der Waals surface area contributed by atoms with Gasteiger partial charge in [-0.15, -0.1) is 0 Å². The highest BCUT2D eigenvalue weighted by Crippen LogP contribution is 2.21. The van der Waals surface area contributed by atoms with E-state index in [9.17, 15) is 4.79 Å². The van der Waals surface area contributed by atoms with Crippen LogP contribution >= 0.6 is 0 Å². The van der Waals surface area contributed by atoms with Crippen molar-refractivity contribution in [2.45, 2.75) is 13.8 Å². The number of para-hydroxylation sites is 1. The molecule has 0 amide bonds. The molecule has 0 aliphatic rings. The number of hydrogen-bond acceptors (Lipinski definition) is 3. The van der Waals surface area contributed by atoms with E-state index < -0.39 is 0 Å². The van der Waals surface area contributed by atoms with Crippen LogP contribution in [0, 0.1) is 13.8 Å². The Labute approximate surface area is 123 Å². The molecular weight excluding hydrogens is 264 g/mol. The summed E-state index contributed by atoms with van der Waals surface area (Å²) in [4.78, 5) is 12.1. The van der Waals surface area contributed by atoms with E-state index in [4.69, 9.17) is 9.15 Å². The van der Waals surface area contributed by atoms with E-state index in [2.05, 4.69) is 0 Å². The van der Waals surface area contributed by atoms with Crippen molar-refractivity contribution in [3.63, 3.8) is 0 Å². The summed E-state index contributed by atoms with van der Waals surface area (Å²) in [5.74, 6) is 0.900. The predicted molar refractivity (Wildman–Crippen MR) is 82.0 cm³/mol. The summed E-state index contributed by atoms with van der Waals surface area (Å²) in [5, 5.41) is 0.923. The first-order chi connectivity index (χ1) is 10.1. The summed E-state index contributed by atoms with van der Waals surface area (Å²) >= 11 is 0. The molecule has 2 aromatic carbocycles. The molecule has 0 aliphatic heterocycles. The second-order valence-corrected chi connectivity index (χ2v) is 5.13. The minimum Gasteiger partial charge on any atom is -0.485 e. The van der Waals surface area contributed by atoms with Gasteiger partial charge >= 0.3 is 0 Å². The van der Waals surface area contributed by atoms with Gasteiger partial charge in [-0.2, -0.15) is 0 Å². The number of fused-ring (bicyclic) bond motifs is 1. The van der Waals surface area contributed by atoms with E-state index >= 15 is 0 Å². The van der Waals surface area contributed by atoms with Crippen LogP contribution in [-0.2, 0) is 0 Å². The van der Waals surface area contributed by atoms with Crippen molar-refractivity contribution in [3.05, 3.63) is 65.4 Å². The van der Waals surface area contributed by atoms with Gasteiger partial charge in [-0.1, -0.05) is 35.9 Å². The highest BCUT2D eigenvalue weighted by atomic mass is 16.5. The van der Waals surface area contributed by atoms with Crippen LogP contribution in [0.3, 0.4) is 0 Å². The van der Waals surface area contributed by atoms with Gasteiger partial charge < -0.3 is 9.15 Å². The fourth-order valence-electron chi connectivity index (χ4n) is 2.29. The summed E-state index contributed by atoms with van der Waals surface area (Å²) in [5.41, 5.74) is 2.91. The molecule has 21 heavy (non-hydrogen) atoms. The molecule has 0 bridgehead atoms. The summed E-state index contributed by atoms with van der Waals surface area (Å²) in [7, 11) is 0. The molecule has 0 atom stereocenters. The molecule has 3 heteroatoms. The van der Waals surface area contributed by atoms with Gasteiger partial charge in [-0.25, -0.2) is 0 Å². The zero-order valence-corrected chi connectivity index (χ0v) is 12.1. The first kappa shape index (κ1) is 13.4. The summed E-state index contributed by atoms with van der Waals surface area (Å²) < 4.78 is 11.1. The van der Waals surface area contributed by atoms with E-state index in [0.29, 0.717) is 11.3 Å². The van der Waals surface area contributed by atoms with Gasteiger partial charge in [0.05, 0.1) is 0 Å². The minimum absolute atomic E-state index is 0.0241. The van der Waals surface area contributed by atoms with Gasteiger partial charge in [-0.3, -0.25) is 4.79 Å². The third-order valence-electron chi connectivity index (χ3n) is 3.39. The maximum absolute atomic E-state index is 12.1. The summed E-state index contributed by atoms with van der Waals surface area (Å²) in [6, 6.07) is 15.2. The number of rotatable bonds is 4. The van der Waals surface area contributed by atoms with Crippen LogP contribution in [0.25, 0.3) is 11.0 Å². The molecule has 3 nitrogen and oxygen atoms in total. The number of carbonyl (C=O) groups excluding carboxylic acids is 1. The Morgan fingerprint density at radius 2 is 1.90 bits per heavy atom. The topological polar surface area (TPSA) is 39.4 Å². The van der Waals surface area contributed by atoms with Crippen LogP contribution in [0.4, 0.5) is 0 Å². The number of furan rings is 1. The first-order valence-corrected chi connectivity index (χ1v) is 6.85.